The number of carbonyl (C=O) groups is 1. The van der Waals surface area contributed by atoms with Crippen LogP contribution in [0.2, 0.25) is 0 Å². The molecule has 0 radical (unpaired) electrons. The van der Waals surface area contributed by atoms with E-state index in [2.05, 4.69) is 19.9 Å². The Morgan fingerprint density at radius 3 is 2.90 bits per heavy atom. The molecule has 1 amide bonds. The van der Waals surface area contributed by atoms with Crippen LogP contribution in [0.25, 0.3) is 11.3 Å². The fourth-order valence-electron chi connectivity index (χ4n) is 3.69. The molecule has 8 nitrogen and oxygen atoms in total. The summed E-state index contributed by atoms with van der Waals surface area (Å²) in [6, 6.07) is 3.91. The maximum Gasteiger partial charge on any atom is 0.271 e. The monoisotopic (exact) mass is 408 g/mol. The van der Waals surface area contributed by atoms with Gasteiger partial charge in [-0.3, -0.25) is 9.59 Å². The number of hydrogen-bond acceptors (Lipinski definition) is 6. The van der Waals surface area contributed by atoms with Gasteiger partial charge in [0.15, 0.2) is 0 Å². The summed E-state index contributed by atoms with van der Waals surface area (Å²) < 4.78 is 0. The molecule has 158 valence electrons. The molecule has 0 aromatic carbocycles. The van der Waals surface area contributed by atoms with Gasteiger partial charge in [0, 0.05) is 56.6 Å². The third kappa shape index (κ3) is 4.43. The molecule has 8 heteroatoms. The second-order valence-corrected chi connectivity index (χ2v) is 7.95. The normalized spacial score (nSPS) is 16.7. The molecule has 0 spiro atoms. The molecule has 2 aromatic heterocycles. The van der Waals surface area contributed by atoms with Crippen LogP contribution in [0.4, 0.5) is 5.69 Å². The highest BCUT2D eigenvalue weighted by atomic mass is 16.2. The van der Waals surface area contributed by atoms with Crippen LogP contribution >= 0.6 is 0 Å². The van der Waals surface area contributed by atoms with Crippen LogP contribution in [0.15, 0.2) is 41.5 Å². The number of anilines is 1. The minimum Gasteiger partial charge on any atom is -0.360 e. The maximum atomic E-state index is 12.7. The summed E-state index contributed by atoms with van der Waals surface area (Å²) in [6.45, 7) is 4.42. The predicted octanol–water partition coefficient (Wildman–Crippen LogP) is 1.34. The lowest BCUT2D eigenvalue weighted by atomic mass is 10.0. The summed E-state index contributed by atoms with van der Waals surface area (Å²) in [7, 11) is 0. The number of H-pyrrole nitrogens is 1. The molecule has 2 aromatic rings. The smallest absolute Gasteiger partial charge is 0.271 e. The van der Waals surface area contributed by atoms with E-state index in [1.165, 1.54) is 18.9 Å². The van der Waals surface area contributed by atoms with Crippen molar-refractivity contribution in [2.45, 2.75) is 32.2 Å². The molecule has 1 saturated carbocycles. The molecule has 4 rings (SSSR count). The number of nitrogens with two attached hydrogens (primary N) is 1. The Kier molecular flexibility index (Phi) is 5.94. The number of aromatic amines is 1. The Morgan fingerprint density at radius 1 is 1.40 bits per heavy atom. The Morgan fingerprint density at radius 2 is 2.20 bits per heavy atom. The minimum absolute atomic E-state index is 0.0289. The fourth-order valence-corrected chi connectivity index (χ4v) is 3.69. The largest absolute Gasteiger partial charge is 0.360 e. The lowest BCUT2D eigenvalue weighted by molar-refractivity contribution is -0.130. The van der Waals surface area contributed by atoms with E-state index in [1.807, 2.05) is 19.1 Å². The summed E-state index contributed by atoms with van der Waals surface area (Å²) >= 11 is 0. The fraction of sp³-hybridized carbons (Fsp3) is 0.455. The molecule has 1 aliphatic heterocycles. The molecular weight excluding hydrogens is 380 g/mol. The second kappa shape index (κ2) is 8.79. The van der Waals surface area contributed by atoms with Crippen LogP contribution in [0.1, 0.15) is 25.6 Å². The van der Waals surface area contributed by atoms with Gasteiger partial charge in [0.05, 0.1) is 11.7 Å². The van der Waals surface area contributed by atoms with Gasteiger partial charge in [-0.25, -0.2) is 9.97 Å². The molecular formula is C22H28N6O2. The lowest BCUT2D eigenvalue weighted by Gasteiger charge is -2.46. The number of pyridine rings is 1. The van der Waals surface area contributed by atoms with Crippen molar-refractivity contribution in [3.63, 3.8) is 0 Å². The standard InChI is InChI=1S/C22H28N6O2/c1-2-20-24-9-7-18(26-20)16-10-19(22(30)25-11-16)28(12-15-5-6-15)17-13-27(14-17)21(29)4-3-8-23/h3-4,7,9-11,15,17H,2,5-6,8,12-14,23H2,1H3,(H,25,30)/b4-3+. The van der Waals surface area contributed by atoms with Crippen molar-refractivity contribution in [1.29, 1.82) is 0 Å². The number of aromatic nitrogens is 3. The van der Waals surface area contributed by atoms with Crippen LogP contribution < -0.4 is 16.2 Å². The van der Waals surface area contributed by atoms with Gasteiger partial charge in [0.2, 0.25) is 5.91 Å². The van der Waals surface area contributed by atoms with Crippen molar-refractivity contribution < 1.29 is 4.79 Å². The highest BCUT2D eigenvalue weighted by Crippen LogP contribution is 2.33. The van der Waals surface area contributed by atoms with Crippen molar-refractivity contribution in [3.8, 4) is 11.3 Å². The zero-order valence-corrected chi connectivity index (χ0v) is 17.3. The Balaban J connectivity index is 1.58. The highest BCUT2D eigenvalue weighted by Gasteiger charge is 2.37. The van der Waals surface area contributed by atoms with Gasteiger partial charge in [0.25, 0.3) is 5.56 Å². The maximum absolute atomic E-state index is 12.7. The minimum atomic E-state index is -0.114. The van der Waals surface area contributed by atoms with E-state index in [0.717, 1.165) is 30.0 Å². The number of nitrogens with one attached hydrogen (secondary N) is 1. The average molecular weight is 409 g/mol. The number of amides is 1. The highest BCUT2D eigenvalue weighted by molar-refractivity contribution is 5.88. The summed E-state index contributed by atoms with van der Waals surface area (Å²) in [4.78, 5) is 40.6. The third-order valence-corrected chi connectivity index (χ3v) is 5.67. The quantitative estimate of drug-likeness (QED) is 0.638. The Hall–Kier alpha value is -3.00. The number of likely N-dealkylation sites (tertiary alicyclic amines) is 1. The van der Waals surface area contributed by atoms with E-state index in [4.69, 9.17) is 5.73 Å². The number of aryl methyl sites for hydroxylation is 1. The van der Waals surface area contributed by atoms with Crippen molar-refractivity contribution in [2.24, 2.45) is 11.7 Å². The topological polar surface area (TPSA) is 108 Å². The average Bonchev–Trinajstić information content (AvgIpc) is 3.55. The first-order valence-electron chi connectivity index (χ1n) is 10.6. The summed E-state index contributed by atoms with van der Waals surface area (Å²) in [5.41, 5.74) is 7.62. The van der Waals surface area contributed by atoms with Crippen molar-refractivity contribution in [2.75, 3.05) is 31.1 Å². The van der Waals surface area contributed by atoms with E-state index >= 15 is 0 Å². The van der Waals surface area contributed by atoms with Crippen LogP contribution in [-0.2, 0) is 11.2 Å². The SMILES string of the molecule is CCc1nccc(-c2c[nH]c(=O)c(N(CC3CC3)C3CN(C(=O)/C=C/CN)C3)c2)n1. The molecule has 3 heterocycles. The number of rotatable bonds is 8. The van der Waals surface area contributed by atoms with Crippen LogP contribution in [0, 0.1) is 5.92 Å². The number of carbonyl (C=O) groups excluding carboxylic acids is 1. The molecule has 0 bridgehead atoms. The van der Waals surface area contributed by atoms with Gasteiger partial charge < -0.3 is 20.5 Å². The zero-order valence-electron chi connectivity index (χ0n) is 17.3. The molecule has 1 aliphatic carbocycles. The van der Waals surface area contributed by atoms with Gasteiger partial charge in [-0.1, -0.05) is 13.0 Å². The van der Waals surface area contributed by atoms with Gasteiger partial charge in [-0.05, 0) is 30.9 Å². The summed E-state index contributed by atoms with van der Waals surface area (Å²) in [6.07, 6.45) is 9.77. The van der Waals surface area contributed by atoms with Gasteiger partial charge in [-0.15, -0.1) is 0 Å². The molecule has 2 fully saturated rings. The van der Waals surface area contributed by atoms with Crippen molar-refractivity contribution in [3.05, 3.63) is 52.9 Å². The van der Waals surface area contributed by atoms with E-state index < -0.39 is 0 Å². The molecule has 1 saturated heterocycles. The van der Waals surface area contributed by atoms with E-state index in [9.17, 15) is 9.59 Å². The molecule has 2 aliphatic rings. The number of hydrogen-bond donors (Lipinski definition) is 2. The second-order valence-electron chi connectivity index (χ2n) is 7.95. The van der Waals surface area contributed by atoms with E-state index in [-0.39, 0.29) is 17.5 Å². The Labute approximate surface area is 175 Å². The van der Waals surface area contributed by atoms with Gasteiger partial charge in [0.1, 0.15) is 11.5 Å². The molecule has 30 heavy (non-hydrogen) atoms. The van der Waals surface area contributed by atoms with E-state index in [0.29, 0.717) is 31.2 Å². The zero-order chi connectivity index (χ0) is 21.1. The van der Waals surface area contributed by atoms with Crippen molar-refractivity contribution >= 4 is 11.6 Å². The molecule has 0 unspecified atom stereocenters. The first kappa shape index (κ1) is 20.3. The van der Waals surface area contributed by atoms with E-state index in [1.54, 1.807) is 23.4 Å². The molecule has 3 N–H and O–H groups in total. The van der Waals surface area contributed by atoms with Crippen LogP contribution in [0.3, 0.4) is 0 Å². The first-order valence-corrected chi connectivity index (χ1v) is 10.6. The van der Waals surface area contributed by atoms with Crippen LogP contribution in [0.5, 0.6) is 0 Å². The first-order chi connectivity index (χ1) is 14.6. The predicted molar refractivity (Wildman–Crippen MR) is 116 cm³/mol. The van der Waals surface area contributed by atoms with Gasteiger partial charge >= 0.3 is 0 Å². The summed E-state index contributed by atoms with van der Waals surface area (Å²) in [5, 5.41) is 0. The number of nitrogens with zero attached hydrogens (tertiary/aromatic N) is 4. The van der Waals surface area contributed by atoms with Gasteiger partial charge in [-0.2, -0.15) is 0 Å². The lowest BCUT2D eigenvalue weighted by Crippen LogP contribution is -2.62. The van der Waals surface area contributed by atoms with Crippen LogP contribution in [-0.4, -0.2) is 58.0 Å². The molecule has 0 atom stereocenters. The Bertz CT molecular complexity index is 991. The van der Waals surface area contributed by atoms with Crippen molar-refractivity contribution in [1.82, 2.24) is 19.9 Å². The third-order valence-electron chi connectivity index (χ3n) is 5.67. The summed E-state index contributed by atoms with van der Waals surface area (Å²) in [5.74, 6) is 1.35.